The van der Waals surface area contributed by atoms with Gasteiger partial charge in [0.1, 0.15) is 5.69 Å². The molecule has 2 fully saturated rings. The fraction of sp³-hybridized carbons (Fsp3) is 0.292. The van der Waals surface area contributed by atoms with E-state index in [4.69, 9.17) is 11.6 Å². The number of hydrogen-bond acceptors (Lipinski definition) is 5. The highest BCUT2D eigenvalue weighted by molar-refractivity contribution is 6.30. The predicted molar refractivity (Wildman–Crippen MR) is 120 cm³/mol. The van der Waals surface area contributed by atoms with E-state index in [0.29, 0.717) is 10.6 Å². The first-order valence-electron chi connectivity index (χ1n) is 10.7. The van der Waals surface area contributed by atoms with E-state index in [2.05, 4.69) is 5.32 Å². The van der Waals surface area contributed by atoms with Crippen molar-refractivity contribution in [3.05, 3.63) is 81.4 Å². The van der Waals surface area contributed by atoms with Crippen molar-refractivity contribution in [3.63, 3.8) is 0 Å². The molecule has 0 radical (unpaired) electrons. The molecule has 1 aliphatic heterocycles. The number of nitrogens with zero attached hydrogens (tertiary/aromatic N) is 2. The van der Waals surface area contributed by atoms with Crippen molar-refractivity contribution in [1.82, 2.24) is 4.90 Å². The molecule has 3 aliphatic rings. The Kier molecular flexibility index (Phi) is 5.25. The van der Waals surface area contributed by atoms with Crippen LogP contribution in [0.2, 0.25) is 5.02 Å². The lowest BCUT2D eigenvalue weighted by atomic mass is 9.85. The Labute approximate surface area is 194 Å². The van der Waals surface area contributed by atoms with E-state index in [0.717, 1.165) is 6.42 Å². The van der Waals surface area contributed by atoms with Gasteiger partial charge in [-0.05, 0) is 42.0 Å². The minimum absolute atomic E-state index is 0.0492. The average molecular weight is 466 g/mol. The summed E-state index contributed by atoms with van der Waals surface area (Å²) in [5, 5.41) is 14.3. The fourth-order valence-electron chi connectivity index (χ4n) is 5.39. The van der Waals surface area contributed by atoms with Crippen LogP contribution in [0.1, 0.15) is 24.4 Å². The molecule has 8 nitrogen and oxygen atoms in total. The number of fused-ring (bicyclic) bond motifs is 5. The second-order valence-electron chi connectivity index (χ2n) is 8.64. The summed E-state index contributed by atoms with van der Waals surface area (Å²) in [5.74, 6) is -1.74. The number of rotatable bonds is 6. The monoisotopic (exact) mass is 465 g/mol. The molecule has 5 atom stereocenters. The van der Waals surface area contributed by atoms with Crippen molar-refractivity contribution < 1.29 is 19.3 Å². The maximum atomic E-state index is 13.4. The first-order valence-corrected chi connectivity index (χ1v) is 11.1. The van der Waals surface area contributed by atoms with Crippen LogP contribution in [0.25, 0.3) is 0 Å². The van der Waals surface area contributed by atoms with Crippen molar-refractivity contribution in [3.8, 4) is 0 Å². The smallest absolute Gasteiger partial charge is 0.292 e. The average Bonchev–Trinajstić information content (AvgIpc) is 3.47. The highest BCUT2D eigenvalue weighted by Crippen LogP contribution is 2.54. The second-order valence-corrected chi connectivity index (χ2v) is 9.08. The van der Waals surface area contributed by atoms with Gasteiger partial charge in [0.2, 0.25) is 17.7 Å². The maximum absolute atomic E-state index is 13.4. The molecule has 168 valence electrons. The lowest BCUT2D eigenvalue weighted by Gasteiger charge is -2.28. The van der Waals surface area contributed by atoms with Gasteiger partial charge in [-0.3, -0.25) is 29.4 Å². The van der Waals surface area contributed by atoms with Crippen molar-refractivity contribution in [2.24, 2.45) is 23.7 Å². The molecule has 2 aromatic rings. The molecule has 0 aromatic heterocycles. The van der Waals surface area contributed by atoms with Crippen molar-refractivity contribution in [1.29, 1.82) is 0 Å². The van der Waals surface area contributed by atoms with Gasteiger partial charge in [0.05, 0.1) is 29.2 Å². The summed E-state index contributed by atoms with van der Waals surface area (Å²) in [6, 6.07) is 11.6. The molecule has 3 amide bonds. The van der Waals surface area contributed by atoms with E-state index in [-0.39, 0.29) is 53.3 Å². The zero-order valence-corrected chi connectivity index (χ0v) is 18.1. The van der Waals surface area contributed by atoms with Gasteiger partial charge in [0, 0.05) is 11.1 Å². The van der Waals surface area contributed by atoms with Gasteiger partial charge in [0.15, 0.2) is 0 Å². The van der Waals surface area contributed by atoms with Crippen LogP contribution < -0.4 is 5.32 Å². The molecule has 0 spiro atoms. The summed E-state index contributed by atoms with van der Waals surface area (Å²) in [6.07, 6.45) is 4.61. The van der Waals surface area contributed by atoms with Crippen molar-refractivity contribution in [2.75, 3.05) is 5.32 Å². The first-order chi connectivity index (χ1) is 15.8. The van der Waals surface area contributed by atoms with E-state index < -0.39 is 16.9 Å². The SMILES string of the molecule is O=C(CC(c1ccc(Cl)cc1)N1C(=O)C2C3C=CC(C3)C2C1=O)Nc1ccccc1[N+](=O)[O-]. The summed E-state index contributed by atoms with van der Waals surface area (Å²) in [5.41, 5.74) is 0.416. The third kappa shape index (κ3) is 3.60. The normalized spacial score (nSPS) is 25.9. The number of nitro groups is 1. The number of hydrogen-bond donors (Lipinski definition) is 1. The summed E-state index contributed by atoms with van der Waals surface area (Å²) in [7, 11) is 0. The van der Waals surface area contributed by atoms with Crippen LogP contribution in [0.5, 0.6) is 0 Å². The Hall–Kier alpha value is -3.52. The summed E-state index contributed by atoms with van der Waals surface area (Å²) in [4.78, 5) is 51.7. The van der Waals surface area contributed by atoms with Crippen LogP contribution in [0.4, 0.5) is 11.4 Å². The minimum atomic E-state index is -0.838. The lowest BCUT2D eigenvalue weighted by molar-refractivity contribution is -0.383. The molecule has 1 saturated carbocycles. The van der Waals surface area contributed by atoms with Gasteiger partial charge >= 0.3 is 0 Å². The molecule has 9 heteroatoms. The molecule has 1 heterocycles. The standard InChI is InChI=1S/C24H20ClN3O5/c25-16-9-7-13(8-10-16)19(12-20(29)26-17-3-1-2-4-18(17)28(32)33)27-23(30)21-14-5-6-15(11-14)22(21)24(27)31/h1-10,14-15,19,21-22H,11-12H2,(H,26,29). The molecule has 2 aromatic carbocycles. The van der Waals surface area contributed by atoms with E-state index in [9.17, 15) is 24.5 Å². The van der Waals surface area contributed by atoms with E-state index in [1.807, 2.05) is 12.2 Å². The third-order valence-corrected chi connectivity index (χ3v) is 7.08. The molecule has 1 N–H and O–H groups in total. The Morgan fingerprint density at radius 3 is 2.27 bits per heavy atom. The van der Waals surface area contributed by atoms with Crippen LogP contribution in [0.3, 0.4) is 0 Å². The minimum Gasteiger partial charge on any atom is -0.320 e. The molecule has 1 saturated heterocycles. The van der Waals surface area contributed by atoms with Crippen LogP contribution >= 0.6 is 11.6 Å². The molecular weight excluding hydrogens is 446 g/mol. The topological polar surface area (TPSA) is 110 Å². The highest BCUT2D eigenvalue weighted by atomic mass is 35.5. The predicted octanol–water partition coefficient (Wildman–Crippen LogP) is 4.13. The zero-order chi connectivity index (χ0) is 23.3. The number of benzene rings is 2. The fourth-order valence-corrected chi connectivity index (χ4v) is 5.52. The Morgan fingerprint density at radius 1 is 1.06 bits per heavy atom. The third-order valence-electron chi connectivity index (χ3n) is 6.82. The quantitative estimate of drug-likeness (QED) is 0.298. The largest absolute Gasteiger partial charge is 0.320 e. The lowest BCUT2D eigenvalue weighted by Crippen LogP contribution is -2.38. The number of para-hydroxylation sites is 2. The number of allylic oxidation sites excluding steroid dienone is 2. The Balaban J connectivity index is 1.45. The number of imide groups is 1. The number of halogens is 1. The van der Waals surface area contributed by atoms with E-state index in [1.165, 1.54) is 23.1 Å². The molecule has 2 aliphatic carbocycles. The first kappa shape index (κ1) is 21.3. The molecule has 5 unspecified atom stereocenters. The molecule has 2 bridgehead atoms. The highest BCUT2D eigenvalue weighted by Gasteiger charge is 2.60. The number of carbonyl (C=O) groups excluding carboxylic acids is 3. The van der Waals surface area contributed by atoms with Crippen LogP contribution in [0.15, 0.2) is 60.7 Å². The van der Waals surface area contributed by atoms with Crippen molar-refractivity contribution >= 4 is 40.7 Å². The van der Waals surface area contributed by atoms with Crippen LogP contribution in [-0.2, 0) is 14.4 Å². The van der Waals surface area contributed by atoms with Crippen LogP contribution in [0, 0.1) is 33.8 Å². The summed E-state index contributed by atoms with van der Waals surface area (Å²) >= 11 is 6.02. The Bertz CT molecular complexity index is 1160. The van der Waals surface area contributed by atoms with Gasteiger partial charge in [-0.2, -0.15) is 0 Å². The Morgan fingerprint density at radius 2 is 1.67 bits per heavy atom. The number of nitrogens with one attached hydrogen (secondary N) is 1. The number of anilines is 1. The molecular formula is C24H20ClN3O5. The number of likely N-dealkylation sites (tertiary alicyclic amines) is 1. The van der Waals surface area contributed by atoms with Gasteiger partial charge in [-0.1, -0.05) is 48.0 Å². The van der Waals surface area contributed by atoms with Gasteiger partial charge in [-0.25, -0.2) is 0 Å². The van der Waals surface area contributed by atoms with Crippen molar-refractivity contribution in [2.45, 2.75) is 18.9 Å². The summed E-state index contributed by atoms with van der Waals surface area (Å²) < 4.78 is 0. The molecule has 33 heavy (non-hydrogen) atoms. The van der Waals surface area contributed by atoms with Gasteiger partial charge in [0.25, 0.3) is 5.69 Å². The zero-order valence-electron chi connectivity index (χ0n) is 17.4. The van der Waals surface area contributed by atoms with Gasteiger partial charge < -0.3 is 5.32 Å². The van der Waals surface area contributed by atoms with Gasteiger partial charge in [-0.15, -0.1) is 0 Å². The van der Waals surface area contributed by atoms with E-state index in [1.54, 1.807) is 30.3 Å². The number of carbonyl (C=O) groups is 3. The number of amides is 3. The molecule has 5 rings (SSSR count). The maximum Gasteiger partial charge on any atom is 0.292 e. The van der Waals surface area contributed by atoms with Crippen LogP contribution in [-0.4, -0.2) is 27.5 Å². The van der Waals surface area contributed by atoms with E-state index >= 15 is 0 Å². The number of nitro benzene ring substituents is 1. The second kappa shape index (κ2) is 8.12. The summed E-state index contributed by atoms with van der Waals surface area (Å²) in [6.45, 7) is 0.